The second-order valence-electron chi connectivity index (χ2n) is 4.70. The summed E-state index contributed by atoms with van der Waals surface area (Å²) in [6.07, 6.45) is 10.1. The van der Waals surface area contributed by atoms with Crippen LogP contribution in [0.4, 0.5) is 0 Å². The second-order valence-corrected chi connectivity index (χ2v) is 5.27. The quantitative estimate of drug-likeness (QED) is 0.691. The van der Waals surface area contributed by atoms with Gasteiger partial charge >= 0.3 is 0 Å². The molecule has 2 saturated carbocycles. The zero-order valence-electron chi connectivity index (χ0n) is 8.23. The molecule has 0 bridgehead atoms. The maximum Gasteiger partial charge on any atom is 0.0575 e. The maximum absolute atomic E-state index is 5.97. The van der Waals surface area contributed by atoms with E-state index >= 15 is 0 Å². The lowest BCUT2D eigenvalue weighted by Crippen LogP contribution is -2.37. The summed E-state index contributed by atoms with van der Waals surface area (Å²) in [5, 5.41) is 1.13. The van der Waals surface area contributed by atoms with Gasteiger partial charge in [0, 0.05) is 10.7 Å². The van der Waals surface area contributed by atoms with Crippen LogP contribution in [0.15, 0.2) is 0 Å². The zero-order valence-corrected chi connectivity index (χ0v) is 9.81. The van der Waals surface area contributed by atoms with Crippen molar-refractivity contribution in [3.63, 3.8) is 0 Å². The molecule has 0 amide bonds. The lowest BCUT2D eigenvalue weighted by Gasteiger charge is -2.40. The van der Waals surface area contributed by atoms with Crippen molar-refractivity contribution >= 4 is 15.9 Å². The van der Waals surface area contributed by atoms with Crippen LogP contribution in [0.5, 0.6) is 0 Å². The Morgan fingerprint density at radius 2 is 1.85 bits per heavy atom. The number of alkyl halides is 1. The Morgan fingerprint density at radius 3 is 2.31 bits per heavy atom. The topological polar surface area (TPSA) is 9.23 Å². The first-order valence-electron chi connectivity index (χ1n) is 5.52. The van der Waals surface area contributed by atoms with Gasteiger partial charge in [-0.2, -0.15) is 0 Å². The first-order chi connectivity index (χ1) is 6.35. The molecule has 2 rings (SSSR count). The van der Waals surface area contributed by atoms with E-state index < -0.39 is 0 Å². The predicted octanol–water partition coefficient (Wildman–Crippen LogP) is 3.51. The van der Waals surface area contributed by atoms with E-state index in [9.17, 15) is 0 Å². The summed E-state index contributed by atoms with van der Waals surface area (Å²) in [6, 6.07) is 0. The molecule has 0 unspecified atom stereocenters. The average Bonchev–Trinajstić information content (AvgIpc) is 2.56. The second kappa shape index (κ2) is 4.31. The number of rotatable bonds is 4. The summed E-state index contributed by atoms with van der Waals surface area (Å²) < 4.78 is 5.97. The highest BCUT2D eigenvalue weighted by Crippen LogP contribution is 2.43. The van der Waals surface area contributed by atoms with Crippen LogP contribution in [0, 0.1) is 5.41 Å². The lowest BCUT2D eigenvalue weighted by atomic mass is 9.71. The van der Waals surface area contributed by atoms with Crippen molar-refractivity contribution < 1.29 is 4.74 Å². The first kappa shape index (κ1) is 9.97. The van der Waals surface area contributed by atoms with Crippen LogP contribution in [0.3, 0.4) is 0 Å². The zero-order chi connectivity index (χ0) is 9.15. The molecule has 2 aliphatic carbocycles. The molecule has 0 aliphatic heterocycles. The van der Waals surface area contributed by atoms with Crippen LogP contribution >= 0.6 is 15.9 Å². The molecule has 0 spiro atoms. The van der Waals surface area contributed by atoms with Crippen molar-refractivity contribution in [3.8, 4) is 0 Å². The van der Waals surface area contributed by atoms with Gasteiger partial charge in [0.05, 0.1) is 12.7 Å². The molecule has 2 fully saturated rings. The number of halogens is 1. The van der Waals surface area contributed by atoms with E-state index in [4.69, 9.17) is 4.74 Å². The Balaban J connectivity index is 1.71. The van der Waals surface area contributed by atoms with Gasteiger partial charge in [-0.3, -0.25) is 0 Å². The molecular formula is C11H19BrO. The fourth-order valence-electron chi connectivity index (χ4n) is 2.34. The largest absolute Gasteiger partial charge is 0.378 e. The van der Waals surface area contributed by atoms with Crippen LogP contribution in [0.25, 0.3) is 0 Å². The van der Waals surface area contributed by atoms with Crippen molar-refractivity contribution in [2.24, 2.45) is 5.41 Å². The van der Waals surface area contributed by atoms with E-state index in [0.29, 0.717) is 11.5 Å². The van der Waals surface area contributed by atoms with Crippen LogP contribution in [-0.4, -0.2) is 18.0 Å². The SMILES string of the molecule is BrCC1(COC2CCCC2)CCC1. The van der Waals surface area contributed by atoms with E-state index in [-0.39, 0.29) is 0 Å². The Bertz CT molecular complexity index is 154. The minimum absolute atomic E-state index is 0.516. The number of hydrogen-bond donors (Lipinski definition) is 0. The molecule has 0 aromatic heterocycles. The molecule has 2 heteroatoms. The van der Waals surface area contributed by atoms with Gasteiger partial charge in [0.2, 0.25) is 0 Å². The van der Waals surface area contributed by atoms with Crippen molar-refractivity contribution in [2.75, 3.05) is 11.9 Å². The molecule has 0 heterocycles. The molecule has 76 valence electrons. The van der Waals surface area contributed by atoms with E-state index in [1.165, 1.54) is 44.9 Å². The minimum Gasteiger partial charge on any atom is -0.378 e. The normalized spacial score (nSPS) is 27.5. The molecule has 0 radical (unpaired) electrons. The fraction of sp³-hybridized carbons (Fsp3) is 1.00. The van der Waals surface area contributed by atoms with Crippen molar-refractivity contribution in [1.29, 1.82) is 0 Å². The van der Waals surface area contributed by atoms with E-state index in [1.807, 2.05) is 0 Å². The van der Waals surface area contributed by atoms with Gasteiger partial charge in [0.1, 0.15) is 0 Å². The van der Waals surface area contributed by atoms with E-state index in [1.54, 1.807) is 0 Å². The highest BCUT2D eigenvalue weighted by Gasteiger charge is 2.36. The van der Waals surface area contributed by atoms with Crippen molar-refractivity contribution in [3.05, 3.63) is 0 Å². The Morgan fingerprint density at radius 1 is 1.15 bits per heavy atom. The van der Waals surface area contributed by atoms with Crippen LogP contribution in [0.1, 0.15) is 44.9 Å². The Hall–Kier alpha value is 0.440. The molecule has 0 aromatic carbocycles. The van der Waals surface area contributed by atoms with Gasteiger partial charge in [-0.25, -0.2) is 0 Å². The number of ether oxygens (including phenoxy) is 1. The lowest BCUT2D eigenvalue weighted by molar-refractivity contribution is -0.0291. The molecule has 0 N–H and O–H groups in total. The van der Waals surface area contributed by atoms with E-state index in [2.05, 4.69) is 15.9 Å². The highest BCUT2D eigenvalue weighted by atomic mass is 79.9. The average molecular weight is 247 g/mol. The minimum atomic E-state index is 0.516. The third-order valence-electron chi connectivity index (χ3n) is 3.63. The Kier molecular flexibility index (Phi) is 3.31. The maximum atomic E-state index is 5.97. The summed E-state index contributed by atoms with van der Waals surface area (Å²) in [5.41, 5.74) is 0.516. The highest BCUT2D eigenvalue weighted by molar-refractivity contribution is 9.09. The summed E-state index contributed by atoms with van der Waals surface area (Å²) in [6.45, 7) is 1.00. The molecule has 0 saturated heterocycles. The Labute approximate surface area is 89.4 Å². The molecular weight excluding hydrogens is 228 g/mol. The van der Waals surface area contributed by atoms with Gasteiger partial charge in [0.25, 0.3) is 0 Å². The molecule has 2 aliphatic rings. The van der Waals surface area contributed by atoms with Crippen LogP contribution in [-0.2, 0) is 4.74 Å². The van der Waals surface area contributed by atoms with Crippen molar-refractivity contribution in [1.82, 2.24) is 0 Å². The summed E-state index contributed by atoms with van der Waals surface area (Å²) in [5.74, 6) is 0. The van der Waals surface area contributed by atoms with Crippen molar-refractivity contribution in [2.45, 2.75) is 51.0 Å². The van der Waals surface area contributed by atoms with Crippen LogP contribution in [0.2, 0.25) is 0 Å². The third kappa shape index (κ3) is 2.27. The van der Waals surface area contributed by atoms with Gasteiger partial charge in [-0.05, 0) is 25.7 Å². The summed E-state index contributed by atoms with van der Waals surface area (Å²) >= 11 is 3.61. The van der Waals surface area contributed by atoms with Crippen LogP contribution < -0.4 is 0 Å². The molecule has 1 nitrogen and oxygen atoms in total. The standard InChI is InChI=1S/C11H19BrO/c12-8-11(6-3-7-11)9-13-10-4-1-2-5-10/h10H,1-9H2. The van der Waals surface area contributed by atoms with Gasteiger partial charge in [0.15, 0.2) is 0 Å². The van der Waals surface area contributed by atoms with Gasteiger partial charge in [-0.15, -0.1) is 0 Å². The third-order valence-corrected chi connectivity index (χ3v) is 4.81. The first-order valence-corrected chi connectivity index (χ1v) is 6.64. The molecule has 0 aromatic rings. The molecule has 13 heavy (non-hydrogen) atoms. The van der Waals surface area contributed by atoms with E-state index in [0.717, 1.165) is 11.9 Å². The summed E-state index contributed by atoms with van der Waals surface area (Å²) in [7, 11) is 0. The predicted molar refractivity (Wildman–Crippen MR) is 58.3 cm³/mol. The van der Waals surface area contributed by atoms with Gasteiger partial charge in [-0.1, -0.05) is 35.2 Å². The monoisotopic (exact) mass is 246 g/mol. The smallest absolute Gasteiger partial charge is 0.0575 e. The van der Waals surface area contributed by atoms with Gasteiger partial charge < -0.3 is 4.74 Å². The fourth-order valence-corrected chi connectivity index (χ4v) is 3.07. The number of hydrogen-bond acceptors (Lipinski definition) is 1. The molecule has 0 atom stereocenters. The summed E-state index contributed by atoms with van der Waals surface area (Å²) in [4.78, 5) is 0.